The van der Waals surface area contributed by atoms with Crippen LogP contribution in [0.25, 0.3) is 0 Å². The highest BCUT2D eigenvalue weighted by Crippen LogP contribution is 2.44. The minimum atomic E-state index is 0.345. The first kappa shape index (κ1) is 15.2. The first-order valence-electron chi connectivity index (χ1n) is 9.14. The van der Waals surface area contributed by atoms with Crippen LogP contribution in [-0.4, -0.2) is 43.3 Å². The molecule has 2 fully saturated rings. The normalized spacial score (nSPS) is 28.4. The zero-order valence-corrected chi connectivity index (χ0v) is 14.6. The maximum absolute atomic E-state index is 5.52. The molecule has 0 unspecified atom stereocenters. The van der Waals surface area contributed by atoms with Crippen molar-refractivity contribution in [2.75, 3.05) is 33.5 Å². The van der Waals surface area contributed by atoms with Crippen LogP contribution in [0.15, 0.2) is 48.5 Å². The molecule has 0 bridgehead atoms. The molecule has 0 radical (unpaired) electrons. The molecular weight excluding hydrogens is 312 g/mol. The van der Waals surface area contributed by atoms with Crippen LogP contribution in [0.4, 0.5) is 0 Å². The largest absolute Gasteiger partial charge is 0.454 e. The molecule has 4 nitrogen and oxygen atoms in total. The lowest BCUT2D eigenvalue weighted by Gasteiger charge is -2.27. The summed E-state index contributed by atoms with van der Waals surface area (Å²) >= 11 is 0. The van der Waals surface area contributed by atoms with Gasteiger partial charge in [-0.15, -0.1) is 0 Å². The molecule has 0 spiro atoms. The molecule has 0 aliphatic carbocycles. The van der Waals surface area contributed by atoms with Crippen molar-refractivity contribution in [3.05, 3.63) is 59.7 Å². The lowest BCUT2D eigenvalue weighted by atomic mass is 9.90. The lowest BCUT2D eigenvalue weighted by Crippen LogP contribution is -2.28. The van der Waals surface area contributed by atoms with Crippen molar-refractivity contribution in [2.24, 2.45) is 11.8 Å². The molecule has 0 saturated carbocycles. The highest BCUT2D eigenvalue weighted by molar-refractivity contribution is 5.44. The van der Waals surface area contributed by atoms with Crippen LogP contribution >= 0.6 is 0 Å². The summed E-state index contributed by atoms with van der Waals surface area (Å²) in [4.78, 5) is 5.15. The molecule has 0 N–H and O–H groups in total. The van der Waals surface area contributed by atoms with Crippen molar-refractivity contribution in [1.29, 1.82) is 0 Å². The Bertz CT molecular complexity index is 764. The molecule has 5 rings (SSSR count). The van der Waals surface area contributed by atoms with E-state index in [0.29, 0.717) is 12.8 Å². The number of nitrogens with zero attached hydrogens (tertiary/aromatic N) is 2. The van der Waals surface area contributed by atoms with Gasteiger partial charge in [0.05, 0.1) is 0 Å². The predicted octanol–water partition coefficient (Wildman–Crippen LogP) is 3.15. The molecule has 4 heteroatoms. The molecule has 130 valence electrons. The van der Waals surface area contributed by atoms with Crippen molar-refractivity contribution >= 4 is 0 Å². The second kappa shape index (κ2) is 6.04. The van der Waals surface area contributed by atoms with E-state index in [1.807, 2.05) is 6.07 Å². The van der Waals surface area contributed by atoms with Gasteiger partial charge in [-0.05, 0) is 42.1 Å². The van der Waals surface area contributed by atoms with Gasteiger partial charge in [-0.3, -0.25) is 9.80 Å². The van der Waals surface area contributed by atoms with Crippen molar-refractivity contribution in [1.82, 2.24) is 9.80 Å². The first-order chi connectivity index (χ1) is 12.3. The number of hydrogen-bond donors (Lipinski definition) is 0. The van der Waals surface area contributed by atoms with E-state index in [-0.39, 0.29) is 0 Å². The summed E-state index contributed by atoms with van der Waals surface area (Å²) in [7, 11) is 2.28. The Labute approximate surface area is 149 Å². The molecule has 0 amide bonds. The van der Waals surface area contributed by atoms with Crippen molar-refractivity contribution < 1.29 is 9.47 Å². The number of benzene rings is 2. The Morgan fingerprint density at radius 2 is 1.80 bits per heavy atom. The van der Waals surface area contributed by atoms with Crippen molar-refractivity contribution in [2.45, 2.75) is 12.6 Å². The zero-order valence-electron chi connectivity index (χ0n) is 14.6. The summed E-state index contributed by atoms with van der Waals surface area (Å²) in [6.45, 7) is 4.89. The average molecular weight is 336 g/mol. The van der Waals surface area contributed by atoms with Gasteiger partial charge in [0.1, 0.15) is 0 Å². The third-order valence-electron chi connectivity index (χ3n) is 5.95. The summed E-state index contributed by atoms with van der Waals surface area (Å²) < 4.78 is 10.9. The van der Waals surface area contributed by atoms with Crippen LogP contribution in [0.2, 0.25) is 0 Å². The van der Waals surface area contributed by atoms with E-state index >= 15 is 0 Å². The molecule has 0 aromatic heterocycles. The smallest absolute Gasteiger partial charge is 0.231 e. The highest BCUT2D eigenvalue weighted by atomic mass is 16.7. The average Bonchev–Trinajstić information content (AvgIpc) is 3.29. The second-order valence-electron chi connectivity index (χ2n) is 7.60. The predicted molar refractivity (Wildman–Crippen MR) is 96.6 cm³/mol. The summed E-state index contributed by atoms with van der Waals surface area (Å²) in [5.41, 5.74) is 2.77. The Morgan fingerprint density at radius 3 is 2.68 bits per heavy atom. The monoisotopic (exact) mass is 336 g/mol. The summed E-state index contributed by atoms with van der Waals surface area (Å²) in [6, 6.07) is 17.9. The fourth-order valence-electron chi connectivity index (χ4n) is 4.93. The van der Waals surface area contributed by atoms with Gasteiger partial charge in [0.25, 0.3) is 0 Å². The summed E-state index contributed by atoms with van der Waals surface area (Å²) in [5, 5.41) is 0. The van der Waals surface area contributed by atoms with E-state index in [4.69, 9.17) is 9.47 Å². The van der Waals surface area contributed by atoms with Gasteiger partial charge >= 0.3 is 0 Å². The van der Waals surface area contributed by atoms with Crippen molar-refractivity contribution in [3.8, 4) is 11.5 Å². The Hall–Kier alpha value is -2.04. The van der Waals surface area contributed by atoms with E-state index in [9.17, 15) is 0 Å². The quantitative estimate of drug-likeness (QED) is 0.860. The number of likely N-dealkylation sites (tertiary alicyclic amines) is 2. The van der Waals surface area contributed by atoms with Gasteiger partial charge in [0.2, 0.25) is 6.79 Å². The second-order valence-corrected chi connectivity index (χ2v) is 7.60. The fraction of sp³-hybridized carbons (Fsp3) is 0.429. The van der Waals surface area contributed by atoms with Crippen LogP contribution in [0.1, 0.15) is 17.2 Å². The highest BCUT2D eigenvalue weighted by Gasteiger charge is 2.45. The van der Waals surface area contributed by atoms with Gasteiger partial charge < -0.3 is 9.47 Å². The zero-order chi connectivity index (χ0) is 16.8. The van der Waals surface area contributed by atoms with Crippen LogP contribution in [0, 0.1) is 11.8 Å². The van der Waals surface area contributed by atoms with Gasteiger partial charge in [-0.1, -0.05) is 36.4 Å². The summed E-state index contributed by atoms with van der Waals surface area (Å²) in [6.07, 6.45) is 0. The first-order valence-corrected chi connectivity index (χ1v) is 9.14. The SMILES string of the molecule is CN1C[C@H]2CN(Cc3ccc4c(c3)OCO4)C[C@H]2[C@@H]1c1ccccc1. The molecule has 2 aromatic rings. The molecular formula is C21H24N2O2. The molecule has 2 saturated heterocycles. The maximum atomic E-state index is 5.52. The topological polar surface area (TPSA) is 24.9 Å². The van der Waals surface area contributed by atoms with Gasteiger partial charge in [0.15, 0.2) is 11.5 Å². The maximum Gasteiger partial charge on any atom is 0.231 e. The van der Waals surface area contributed by atoms with Crippen LogP contribution in [-0.2, 0) is 6.54 Å². The molecule has 3 heterocycles. The Kier molecular flexibility index (Phi) is 3.68. The Morgan fingerprint density at radius 1 is 0.960 bits per heavy atom. The van der Waals surface area contributed by atoms with E-state index in [1.54, 1.807) is 0 Å². The van der Waals surface area contributed by atoms with E-state index in [2.05, 4.69) is 59.3 Å². The number of ether oxygens (including phenoxy) is 2. The summed E-state index contributed by atoms with van der Waals surface area (Å²) in [5.74, 6) is 3.25. The number of hydrogen-bond acceptors (Lipinski definition) is 4. The minimum absolute atomic E-state index is 0.345. The third kappa shape index (κ3) is 2.70. The van der Waals surface area contributed by atoms with Crippen molar-refractivity contribution in [3.63, 3.8) is 0 Å². The standard InChI is InChI=1S/C21H24N2O2/c1-22-11-17-12-23(10-15-7-8-19-20(9-15)25-14-24-19)13-18(17)21(22)16-5-3-2-4-6-16/h2-9,17-18,21H,10-14H2,1H3/t17-,18+,21-/m0/s1. The van der Waals surface area contributed by atoms with Crippen LogP contribution < -0.4 is 9.47 Å². The number of rotatable bonds is 3. The lowest BCUT2D eigenvalue weighted by molar-refractivity contribution is 0.174. The molecule has 3 aliphatic heterocycles. The molecule has 25 heavy (non-hydrogen) atoms. The minimum Gasteiger partial charge on any atom is -0.454 e. The van der Waals surface area contributed by atoms with Gasteiger partial charge in [-0.25, -0.2) is 0 Å². The molecule has 2 aromatic carbocycles. The van der Waals surface area contributed by atoms with E-state index in [0.717, 1.165) is 29.9 Å². The van der Waals surface area contributed by atoms with E-state index in [1.165, 1.54) is 30.8 Å². The third-order valence-corrected chi connectivity index (χ3v) is 5.95. The van der Waals surface area contributed by atoms with Gasteiger partial charge in [0, 0.05) is 32.2 Å². The Balaban J connectivity index is 1.31. The van der Waals surface area contributed by atoms with E-state index < -0.39 is 0 Å². The van der Waals surface area contributed by atoms with Gasteiger partial charge in [-0.2, -0.15) is 0 Å². The molecule has 3 aliphatic rings. The van der Waals surface area contributed by atoms with Crippen LogP contribution in [0.5, 0.6) is 11.5 Å². The molecule has 3 atom stereocenters. The fourth-order valence-corrected chi connectivity index (χ4v) is 4.93. The number of fused-ring (bicyclic) bond motifs is 2. The van der Waals surface area contributed by atoms with Crippen LogP contribution in [0.3, 0.4) is 0 Å².